The molecular weight excluding hydrogens is 268 g/mol. The van der Waals surface area contributed by atoms with Crippen LogP contribution in [-0.2, 0) is 6.54 Å². The number of benzene rings is 1. The van der Waals surface area contributed by atoms with E-state index < -0.39 is 0 Å². The molecule has 0 radical (unpaired) electrons. The average molecular weight is 288 g/mol. The molecule has 106 valence electrons. The number of para-hydroxylation sites is 1. The Bertz CT molecular complexity index is 577. The first-order chi connectivity index (χ1) is 9.60. The fourth-order valence-corrected chi connectivity index (χ4v) is 2.38. The molecule has 2 N–H and O–H groups in total. The summed E-state index contributed by atoms with van der Waals surface area (Å²) in [6, 6.07) is 10.0. The van der Waals surface area contributed by atoms with E-state index in [2.05, 4.69) is 35.8 Å². The van der Waals surface area contributed by atoms with E-state index in [0.29, 0.717) is 5.11 Å². The molecule has 0 fully saturated rings. The van der Waals surface area contributed by atoms with Gasteiger partial charge in [-0.05, 0) is 45.1 Å². The summed E-state index contributed by atoms with van der Waals surface area (Å²) < 4.78 is 1.94. The van der Waals surface area contributed by atoms with Crippen LogP contribution in [0.4, 0.5) is 5.69 Å². The van der Waals surface area contributed by atoms with Crippen molar-refractivity contribution in [3.8, 4) is 0 Å². The molecule has 0 bridgehead atoms. The average Bonchev–Trinajstić information content (AvgIpc) is 2.81. The van der Waals surface area contributed by atoms with E-state index in [1.54, 1.807) is 0 Å². The zero-order valence-electron chi connectivity index (χ0n) is 12.1. The van der Waals surface area contributed by atoms with Crippen molar-refractivity contribution in [2.24, 2.45) is 0 Å². The van der Waals surface area contributed by atoms with Gasteiger partial charge in [0.05, 0.1) is 11.7 Å². The molecule has 1 aromatic heterocycles. The number of hydrogen-bond acceptors (Lipinski definition) is 2. The van der Waals surface area contributed by atoms with Crippen molar-refractivity contribution in [1.29, 1.82) is 0 Å². The molecule has 1 aromatic carbocycles. The van der Waals surface area contributed by atoms with Crippen LogP contribution in [0.25, 0.3) is 0 Å². The van der Waals surface area contributed by atoms with Gasteiger partial charge in [-0.2, -0.15) is 5.10 Å². The molecule has 0 aliphatic carbocycles. The maximum Gasteiger partial charge on any atom is 0.171 e. The van der Waals surface area contributed by atoms with Crippen molar-refractivity contribution in [3.63, 3.8) is 0 Å². The fourth-order valence-electron chi connectivity index (χ4n) is 2.08. The van der Waals surface area contributed by atoms with Crippen molar-refractivity contribution in [3.05, 3.63) is 47.8 Å². The Labute approximate surface area is 125 Å². The van der Waals surface area contributed by atoms with E-state index in [1.807, 2.05) is 41.9 Å². The zero-order valence-corrected chi connectivity index (χ0v) is 12.9. The van der Waals surface area contributed by atoms with Crippen molar-refractivity contribution in [1.82, 2.24) is 15.1 Å². The van der Waals surface area contributed by atoms with E-state index in [9.17, 15) is 0 Å². The van der Waals surface area contributed by atoms with Gasteiger partial charge in [0, 0.05) is 24.0 Å². The largest absolute Gasteiger partial charge is 0.356 e. The molecule has 0 saturated heterocycles. The maximum absolute atomic E-state index is 5.34. The highest BCUT2D eigenvalue weighted by atomic mass is 32.1. The number of hydrogen-bond donors (Lipinski definition) is 2. The number of rotatable bonds is 4. The highest BCUT2D eigenvalue weighted by Gasteiger charge is 2.13. The van der Waals surface area contributed by atoms with E-state index in [1.165, 1.54) is 5.56 Å². The minimum absolute atomic E-state index is 0.124. The predicted molar refractivity (Wildman–Crippen MR) is 86.9 cm³/mol. The molecule has 20 heavy (non-hydrogen) atoms. The fraction of sp³-hybridized carbons (Fsp3) is 0.333. The predicted octanol–water partition coefficient (Wildman–Crippen LogP) is 3.26. The van der Waals surface area contributed by atoms with Crippen LogP contribution in [0.15, 0.2) is 36.5 Å². The Kier molecular flexibility index (Phi) is 4.74. The van der Waals surface area contributed by atoms with E-state index in [0.717, 1.165) is 17.9 Å². The first kappa shape index (κ1) is 14.5. The molecule has 2 rings (SSSR count). The summed E-state index contributed by atoms with van der Waals surface area (Å²) in [7, 11) is 0. The lowest BCUT2D eigenvalue weighted by Crippen LogP contribution is -2.31. The van der Waals surface area contributed by atoms with E-state index >= 15 is 0 Å². The first-order valence-corrected chi connectivity index (χ1v) is 7.17. The van der Waals surface area contributed by atoms with Gasteiger partial charge in [-0.1, -0.05) is 18.2 Å². The van der Waals surface area contributed by atoms with E-state index in [-0.39, 0.29) is 6.04 Å². The number of aryl methyl sites for hydroxylation is 2. The maximum atomic E-state index is 5.34. The summed E-state index contributed by atoms with van der Waals surface area (Å²) in [4.78, 5) is 0. The normalized spacial score (nSPS) is 11.9. The highest BCUT2D eigenvalue weighted by molar-refractivity contribution is 7.80. The molecule has 1 atom stereocenters. The second kappa shape index (κ2) is 6.52. The molecule has 5 heteroatoms. The van der Waals surface area contributed by atoms with Crippen molar-refractivity contribution in [2.45, 2.75) is 33.4 Å². The van der Waals surface area contributed by atoms with Gasteiger partial charge in [-0.3, -0.25) is 4.68 Å². The summed E-state index contributed by atoms with van der Waals surface area (Å²) in [5, 5.41) is 11.5. The second-order valence-corrected chi connectivity index (χ2v) is 5.12. The van der Waals surface area contributed by atoms with Crippen LogP contribution in [0.2, 0.25) is 0 Å². The number of thiocarbonyl (C=S) groups is 1. The Morgan fingerprint density at radius 3 is 2.65 bits per heavy atom. The lowest BCUT2D eigenvalue weighted by molar-refractivity contribution is 0.651. The van der Waals surface area contributed by atoms with Crippen LogP contribution < -0.4 is 10.6 Å². The minimum Gasteiger partial charge on any atom is -0.356 e. The number of nitrogens with zero attached hydrogens (tertiary/aromatic N) is 2. The standard InChI is InChI=1S/C15H20N4S/c1-4-19-10-14(12(3)18-19)11(2)16-15(20)17-13-8-6-5-7-9-13/h5-11H,4H2,1-3H3,(H2,16,17,20). The molecule has 0 aliphatic heterocycles. The minimum atomic E-state index is 0.124. The summed E-state index contributed by atoms with van der Waals surface area (Å²) in [6.07, 6.45) is 2.07. The van der Waals surface area contributed by atoms with Crippen LogP contribution >= 0.6 is 12.2 Å². The highest BCUT2D eigenvalue weighted by Crippen LogP contribution is 2.16. The number of nitrogens with one attached hydrogen (secondary N) is 2. The van der Waals surface area contributed by atoms with Gasteiger partial charge in [0.15, 0.2) is 5.11 Å². The van der Waals surface area contributed by atoms with Gasteiger partial charge in [-0.15, -0.1) is 0 Å². The summed E-state index contributed by atoms with van der Waals surface area (Å²) in [5.41, 5.74) is 3.19. The Balaban J connectivity index is 1.98. The lowest BCUT2D eigenvalue weighted by Gasteiger charge is -2.16. The summed E-state index contributed by atoms with van der Waals surface area (Å²) >= 11 is 5.34. The van der Waals surface area contributed by atoms with Crippen LogP contribution in [0.3, 0.4) is 0 Å². The van der Waals surface area contributed by atoms with Gasteiger partial charge in [0.2, 0.25) is 0 Å². The topological polar surface area (TPSA) is 41.9 Å². The Hall–Kier alpha value is -1.88. The van der Waals surface area contributed by atoms with Crippen molar-refractivity contribution in [2.75, 3.05) is 5.32 Å². The summed E-state index contributed by atoms with van der Waals surface area (Å²) in [6.45, 7) is 7.06. The Morgan fingerprint density at radius 2 is 2.05 bits per heavy atom. The molecule has 0 saturated carbocycles. The van der Waals surface area contributed by atoms with Gasteiger partial charge in [0.25, 0.3) is 0 Å². The van der Waals surface area contributed by atoms with Crippen molar-refractivity contribution < 1.29 is 0 Å². The summed E-state index contributed by atoms with van der Waals surface area (Å²) in [5.74, 6) is 0. The van der Waals surface area contributed by atoms with Crippen LogP contribution in [0, 0.1) is 6.92 Å². The quantitative estimate of drug-likeness (QED) is 0.847. The van der Waals surface area contributed by atoms with Crippen LogP contribution in [0.1, 0.15) is 31.1 Å². The van der Waals surface area contributed by atoms with Crippen LogP contribution in [0.5, 0.6) is 0 Å². The van der Waals surface area contributed by atoms with Crippen molar-refractivity contribution >= 4 is 23.0 Å². The SMILES string of the molecule is CCn1cc(C(C)NC(=S)Nc2ccccc2)c(C)n1. The number of anilines is 1. The molecule has 0 amide bonds. The lowest BCUT2D eigenvalue weighted by atomic mass is 10.1. The monoisotopic (exact) mass is 288 g/mol. The number of aromatic nitrogens is 2. The van der Waals surface area contributed by atoms with Gasteiger partial charge < -0.3 is 10.6 Å². The van der Waals surface area contributed by atoms with Gasteiger partial charge >= 0.3 is 0 Å². The molecule has 2 aromatic rings. The first-order valence-electron chi connectivity index (χ1n) is 6.76. The third-order valence-electron chi connectivity index (χ3n) is 3.15. The molecular formula is C15H20N4S. The molecule has 0 aliphatic rings. The van der Waals surface area contributed by atoms with Gasteiger partial charge in [0.1, 0.15) is 0 Å². The molecule has 0 spiro atoms. The molecule has 4 nitrogen and oxygen atoms in total. The third kappa shape index (κ3) is 3.57. The van der Waals surface area contributed by atoms with E-state index in [4.69, 9.17) is 12.2 Å². The Morgan fingerprint density at radius 1 is 1.35 bits per heavy atom. The third-order valence-corrected chi connectivity index (χ3v) is 3.37. The second-order valence-electron chi connectivity index (χ2n) is 4.71. The molecule has 1 unspecified atom stereocenters. The molecule has 1 heterocycles. The zero-order chi connectivity index (χ0) is 14.5. The van der Waals surface area contributed by atoms with Gasteiger partial charge in [-0.25, -0.2) is 0 Å². The smallest absolute Gasteiger partial charge is 0.171 e. The van der Waals surface area contributed by atoms with Crippen LogP contribution in [-0.4, -0.2) is 14.9 Å².